The fourth-order valence-corrected chi connectivity index (χ4v) is 3.37. The fourth-order valence-electron chi connectivity index (χ4n) is 2.12. The van der Waals surface area contributed by atoms with Gasteiger partial charge in [-0.2, -0.15) is 8.96 Å². The summed E-state index contributed by atoms with van der Waals surface area (Å²) in [5.74, 6) is -1.63. The molecule has 0 fully saturated rings. The van der Waals surface area contributed by atoms with Crippen molar-refractivity contribution in [2.24, 2.45) is 0 Å². The molecule has 3 rings (SSSR count). The Balaban J connectivity index is 1.85. The Morgan fingerprint density at radius 2 is 1.67 bits per heavy atom. The van der Waals surface area contributed by atoms with Gasteiger partial charge in [0.15, 0.2) is 11.6 Å². The molecule has 0 aliphatic carbocycles. The molecule has 1 amide bonds. The van der Waals surface area contributed by atoms with Crippen molar-refractivity contribution >= 4 is 22.7 Å². The van der Waals surface area contributed by atoms with E-state index in [1.807, 2.05) is 5.32 Å². The minimum absolute atomic E-state index is 0.0116. The fraction of sp³-hybridized carbons (Fsp3) is 0. The molecule has 27 heavy (non-hydrogen) atoms. The molecule has 0 unspecified atom stereocenters. The van der Waals surface area contributed by atoms with Crippen LogP contribution < -0.4 is 15.7 Å². The van der Waals surface area contributed by atoms with Crippen LogP contribution in [-0.4, -0.2) is 24.2 Å². The number of nitrogens with one attached hydrogen (secondary N) is 1. The lowest BCUT2D eigenvalue weighted by Gasteiger charge is -2.33. The normalized spacial score (nSPS) is 11.7. The van der Waals surface area contributed by atoms with Gasteiger partial charge in [-0.1, -0.05) is 47.2 Å². The van der Waals surface area contributed by atoms with Gasteiger partial charge in [0.25, 0.3) is 0 Å². The molecule has 0 atom stereocenters. The number of aromatic nitrogens is 2. The highest BCUT2D eigenvalue weighted by atomic mass is 32.3. The van der Waals surface area contributed by atoms with E-state index in [0.29, 0.717) is 10.2 Å². The Labute approximate surface area is 154 Å². The standard InChI is InChI=1S/C17H14FN3O5S/c18-14-11-21(27(24,25)13-9-5-2-6-10-13)16(22)19-15(14)20-17(23)26-12-7-3-1-4-8-12/h1-11,24-25H,(H,19,20,22,23). The van der Waals surface area contributed by atoms with Crippen molar-refractivity contribution in [2.75, 3.05) is 5.32 Å². The quantitative estimate of drug-likeness (QED) is 0.627. The third kappa shape index (κ3) is 4.14. The Kier molecular flexibility index (Phi) is 5.21. The van der Waals surface area contributed by atoms with Crippen molar-refractivity contribution in [3.63, 3.8) is 0 Å². The highest BCUT2D eigenvalue weighted by Gasteiger charge is 2.23. The summed E-state index contributed by atoms with van der Waals surface area (Å²) in [6, 6.07) is 15.5. The number of amides is 1. The third-order valence-electron chi connectivity index (χ3n) is 3.36. The first-order valence-corrected chi connectivity index (χ1v) is 9.05. The molecular weight excluding hydrogens is 377 g/mol. The predicted octanol–water partition coefficient (Wildman–Crippen LogP) is 3.57. The average Bonchev–Trinajstić information content (AvgIpc) is 2.65. The molecule has 0 radical (unpaired) electrons. The first-order chi connectivity index (χ1) is 12.9. The SMILES string of the molecule is O=C(Nc1nc(=O)n(S(O)(O)c2ccccc2)cc1F)Oc1ccccc1. The number of carbonyl (C=O) groups is 1. The van der Waals surface area contributed by atoms with E-state index in [4.69, 9.17) is 4.74 Å². The largest absolute Gasteiger partial charge is 0.418 e. The van der Waals surface area contributed by atoms with Gasteiger partial charge in [-0.25, -0.2) is 14.0 Å². The number of rotatable bonds is 4. The summed E-state index contributed by atoms with van der Waals surface area (Å²) in [5.41, 5.74) is -1.16. The molecule has 1 heterocycles. The molecular formula is C17H14FN3O5S. The van der Waals surface area contributed by atoms with Gasteiger partial charge in [0.1, 0.15) is 5.75 Å². The Bertz CT molecular complexity index is 1010. The second-order valence-corrected chi connectivity index (χ2v) is 7.11. The zero-order valence-electron chi connectivity index (χ0n) is 13.7. The number of halogens is 1. The van der Waals surface area contributed by atoms with Crippen molar-refractivity contribution in [1.29, 1.82) is 0 Å². The zero-order chi connectivity index (χ0) is 19.4. The maximum Gasteiger partial charge on any atom is 0.418 e. The molecule has 1 aromatic heterocycles. The number of anilines is 1. The molecule has 0 spiro atoms. The van der Waals surface area contributed by atoms with Crippen LogP contribution in [0.5, 0.6) is 5.75 Å². The van der Waals surface area contributed by atoms with Crippen LogP contribution in [-0.2, 0) is 0 Å². The zero-order valence-corrected chi connectivity index (χ0v) is 14.5. The van der Waals surface area contributed by atoms with Gasteiger partial charge in [-0.15, -0.1) is 0 Å². The van der Waals surface area contributed by atoms with Gasteiger partial charge >= 0.3 is 11.8 Å². The van der Waals surface area contributed by atoms with Crippen molar-refractivity contribution < 1.29 is 23.0 Å². The Hall–Kier alpha value is -3.21. The van der Waals surface area contributed by atoms with Gasteiger partial charge in [-0.05, 0) is 24.3 Å². The van der Waals surface area contributed by atoms with E-state index in [0.717, 1.165) is 0 Å². The summed E-state index contributed by atoms with van der Waals surface area (Å²) in [6.45, 7) is 0. The number of para-hydroxylation sites is 1. The van der Waals surface area contributed by atoms with Crippen LogP contribution in [0.1, 0.15) is 0 Å². The molecule has 0 saturated heterocycles. The molecule has 0 aliphatic rings. The van der Waals surface area contributed by atoms with Crippen molar-refractivity contribution in [3.05, 3.63) is 83.2 Å². The van der Waals surface area contributed by atoms with E-state index >= 15 is 0 Å². The van der Waals surface area contributed by atoms with Gasteiger partial charge in [0.2, 0.25) is 0 Å². The van der Waals surface area contributed by atoms with Crippen LogP contribution in [0.3, 0.4) is 0 Å². The van der Waals surface area contributed by atoms with E-state index in [1.165, 1.54) is 36.4 Å². The van der Waals surface area contributed by atoms with E-state index in [-0.39, 0.29) is 10.6 Å². The average molecular weight is 391 g/mol. The summed E-state index contributed by atoms with van der Waals surface area (Å²) >= 11 is 0. The van der Waals surface area contributed by atoms with Crippen LogP contribution in [0, 0.1) is 5.82 Å². The molecule has 8 nitrogen and oxygen atoms in total. The third-order valence-corrected chi connectivity index (χ3v) is 5.08. The van der Waals surface area contributed by atoms with Gasteiger partial charge < -0.3 is 4.74 Å². The van der Waals surface area contributed by atoms with Crippen molar-refractivity contribution in [1.82, 2.24) is 8.96 Å². The predicted molar refractivity (Wildman–Crippen MR) is 97.5 cm³/mol. The molecule has 0 saturated carbocycles. The van der Waals surface area contributed by atoms with E-state index in [9.17, 15) is 23.1 Å². The Morgan fingerprint density at radius 1 is 1.07 bits per heavy atom. The second-order valence-electron chi connectivity index (χ2n) is 5.21. The van der Waals surface area contributed by atoms with Crippen LogP contribution in [0.15, 0.2) is 76.6 Å². The number of benzene rings is 2. The Morgan fingerprint density at radius 3 is 2.30 bits per heavy atom. The summed E-state index contributed by atoms with van der Waals surface area (Å²) in [5, 5.41) is 2.00. The lowest BCUT2D eigenvalue weighted by molar-refractivity contribution is 0.215. The number of hydrogen-bond donors (Lipinski definition) is 3. The van der Waals surface area contributed by atoms with E-state index < -0.39 is 34.2 Å². The van der Waals surface area contributed by atoms with E-state index in [1.54, 1.807) is 24.3 Å². The molecule has 0 aliphatic heterocycles. The summed E-state index contributed by atoms with van der Waals surface area (Å²) < 4.78 is 40.2. The minimum Gasteiger partial charge on any atom is -0.410 e. The maximum absolute atomic E-state index is 14.3. The highest BCUT2D eigenvalue weighted by Crippen LogP contribution is 2.47. The molecule has 140 valence electrons. The summed E-state index contributed by atoms with van der Waals surface area (Å²) in [6.07, 6.45) is -0.491. The first-order valence-electron chi connectivity index (χ1n) is 7.55. The molecule has 0 bridgehead atoms. The molecule has 3 N–H and O–H groups in total. The lowest BCUT2D eigenvalue weighted by Crippen LogP contribution is -2.29. The minimum atomic E-state index is -3.83. The smallest absolute Gasteiger partial charge is 0.410 e. The first kappa shape index (κ1) is 18.6. The summed E-state index contributed by atoms with van der Waals surface area (Å²) in [4.78, 5) is 27.3. The number of hydrogen-bond acceptors (Lipinski definition) is 6. The van der Waals surface area contributed by atoms with Crippen molar-refractivity contribution in [2.45, 2.75) is 4.90 Å². The van der Waals surface area contributed by atoms with Crippen LogP contribution in [0.25, 0.3) is 0 Å². The second kappa shape index (κ2) is 7.58. The monoisotopic (exact) mass is 391 g/mol. The van der Waals surface area contributed by atoms with Gasteiger partial charge in [-0.3, -0.25) is 14.4 Å². The van der Waals surface area contributed by atoms with Crippen molar-refractivity contribution in [3.8, 4) is 5.75 Å². The van der Waals surface area contributed by atoms with E-state index in [2.05, 4.69) is 4.98 Å². The van der Waals surface area contributed by atoms with Crippen LogP contribution >= 0.6 is 10.8 Å². The maximum atomic E-state index is 14.3. The molecule has 10 heteroatoms. The number of carbonyl (C=O) groups excluding carboxylic acids is 1. The highest BCUT2D eigenvalue weighted by molar-refractivity contribution is 8.23. The van der Waals surface area contributed by atoms with Gasteiger partial charge in [0.05, 0.1) is 11.1 Å². The molecule has 2 aromatic carbocycles. The topological polar surface area (TPSA) is 114 Å². The summed E-state index contributed by atoms with van der Waals surface area (Å²) in [7, 11) is -3.83. The number of nitrogens with zero attached hydrogens (tertiary/aromatic N) is 2. The van der Waals surface area contributed by atoms with Crippen LogP contribution in [0.2, 0.25) is 0 Å². The number of ether oxygens (including phenoxy) is 1. The van der Waals surface area contributed by atoms with Gasteiger partial charge in [0, 0.05) is 0 Å². The lowest BCUT2D eigenvalue weighted by atomic mass is 10.3. The van der Waals surface area contributed by atoms with Crippen LogP contribution in [0.4, 0.5) is 15.0 Å². The molecule has 3 aromatic rings.